The molecule has 4 heteroatoms. The van der Waals surface area contributed by atoms with Gasteiger partial charge in [0.25, 0.3) is 0 Å². The lowest BCUT2D eigenvalue weighted by Gasteiger charge is -2.09. The van der Waals surface area contributed by atoms with E-state index in [1.165, 1.54) is 3.57 Å². The van der Waals surface area contributed by atoms with E-state index >= 15 is 0 Å². The predicted molar refractivity (Wildman–Crippen MR) is 83.4 cm³/mol. The summed E-state index contributed by atoms with van der Waals surface area (Å²) in [7, 11) is 0. The van der Waals surface area contributed by atoms with Crippen molar-refractivity contribution in [1.82, 2.24) is 15.0 Å². The Morgan fingerprint density at radius 1 is 0.632 bits per heavy atom. The summed E-state index contributed by atoms with van der Waals surface area (Å²) in [5.74, 6) is 0. The first-order valence-electron chi connectivity index (χ1n) is 5.80. The van der Waals surface area contributed by atoms with E-state index < -0.39 is 0 Å². The lowest BCUT2D eigenvalue weighted by Crippen LogP contribution is -1.90. The molecule has 0 saturated carbocycles. The zero-order valence-corrected chi connectivity index (χ0v) is 12.2. The van der Waals surface area contributed by atoms with Crippen molar-refractivity contribution in [2.45, 2.75) is 0 Å². The average molecular weight is 359 g/mol. The first-order chi connectivity index (χ1) is 9.36. The number of rotatable bonds is 2. The number of hydrogen-bond donors (Lipinski definition) is 0. The van der Waals surface area contributed by atoms with Gasteiger partial charge in [-0.1, -0.05) is 0 Å². The van der Waals surface area contributed by atoms with Crippen LogP contribution in [0.1, 0.15) is 0 Å². The molecule has 0 atom stereocenters. The highest BCUT2D eigenvalue weighted by atomic mass is 127. The quantitative estimate of drug-likeness (QED) is 0.654. The van der Waals surface area contributed by atoms with Gasteiger partial charge in [-0.25, -0.2) is 0 Å². The highest BCUT2D eigenvalue weighted by Crippen LogP contribution is 2.31. The molecule has 0 aromatic carbocycles. The summed E-state index contributed by atoms with van der Waals surface area (Å²) in [5.41, 5.74) is 4.50. The summed E-state index contributed by atoms with van der Waals surface area (Å²) in [4.78, 5) is 12.5. The fraction of sp³-hybridized carbons (Fsp3) is 0. The molecule has 3 aromatic heterocycles. The molecule has 0 aliphatic heterocycles. The number of aromatic nitrogens is 3. The van der Waals surface area contributed by atoms with Crippen molar-refractivity contribution in [3.63, 3.8) is 0 Å². The molecule has 0 bridgehead atoms. The molecular weight excluding hydrogens is 349 g/mol. The van der Waals surface area contributed by atoms with E-state index in [-0.39, 0.29) is 0 Å². The molecule has 19 heavy (non-hydrogen) atoms. The van der Waals surface area contributed by atoms with Crippen molar-refractivity contribution < 1.29 is 0 Å². The summed E-state index contributed by atoms with van der Waals surface area (Å²) < 4.78 is 1.19. The molecule has 3 aromatic rings. The maximum Gasteiger partial charge on any atom is 0.0357 e. The Morgan fingerprint density at radius 3 is 1.47 bits per heavy atom. The van der Waals surface area contributed by atoms with Gasteiger partial charge in [-0.15, -0.1) is 0 Å². The third-order valence-electron chi connectivity index (χ3n) is 2.86. The number of pyridine rings is 3. The lowest BCUT2D eigenvalue weighted by atomic mass is 10.0. The largest absolute Gasteiger partial charge is 0.265 e. The molecular formula is C15H10IN3. The fourth-order valence-corrected chi connectivity index (χ4v) is 2.81. The van der Waals surface area contributed by atoms with Crippen molar-refractivity contribution in [3.8, 4) is 22.3 Å². The van der Waals surface area contributed by atoms with Gasteiger partial charge in [0.15, 0.2) is 0 Å². The van der Waals surface area contributed by atoms with Crippen LogP contribution < -0.4 is 0 Å². The Labute approximate surface area is 124 Å². The second-order valence-electron chi connectivity index (χ2n) is 4.02. The van der Waals surface area contributed by atoms with Gasteiger partial charge in [-0.3, -0.25) is 15.0 Å². The van der Waals surface area contributed by atoms with E-state index in [0.29, 0.717) is 0 Å². The van der Waals surface area contributed by atoms with Crippen LogP contribution in [0, 0.1) is 3.57 Å². The normalized spacial score (nSPS) is 10.4. The van der Waals surface area contributed by atoms with Crippen LogP contribution in [-0.2, 0) is 0 Å². The summed E-state index contributed by atoms with van der Waals surface area (Å²) >= 11 is 2.37. The highest BCUT2D eigenvalue weighted by molar-refractivity contribution is 14.1. The minimum atomic E-state index is 1.12. The van der Waals surface area contributed by atoms with Gasteiger partial charge in [-0.2, -0.15) is 0 Å². The third-order valence-corrected chi connectivity index (χ3v) is 4.03. The second-order valence-corrected chi connectivity index (χ2v) is 5.10. The van der Waals surface area contributed by atoms with Crippen LogP contribution in [0.5, 0.6) is 0 Å². The summed E-state index contributed by atoms with van der Waals surface area (Å²) in [6.07, 6.45) is 11.0. The lowest BCUT2D eigenvalue weighted by molar-refractivity contribution is 1.28. The Kier molecular flexibility index (Phi) is 3.50. The van der Waals surface area contributed by atoms with Gasteiger partial charge >= 0.3 is 0 Å². The molecule has 0 aliphatic carbocycles. The SMILES string of the molecule is Ic1c(-c2ccncc2)cncc1-c1ccncc1. The molecule has 3 rings (SSSR count). The van der Waals surface area contributed by atoms with Gasteiger partial charge in [0.05, 0.1) is 0 Å². The molecule has 0 fully saturated rings. The van der Waals surface area contributed by atoms with Crippen LogP contribution in [-0.4, -0.2) is 15.0 Å². The van der Waals surface area contributed by atoms with Crippen molar-refractivity contribution in [1.29, 1.82) is 0 Å². The number of nitrogens with zero attached hydrogens (tertiary/aromatic N) is 3. The van der Waals surface area contributed by atoms with Crippen LogP contribution in [0.2, 0.25) is 0 Å². The standard InChI is InChI=1S/C15H10IN3/c16-15-13(11-1-5-17-6-2-11)9-19-10-14(15)12-3-7-18-8-4-12/h1-10H. The number of hydrogen-bond acceptors (Lipinski definition) is 3. The summed E-state index contributed by atoms with van der Waals surface area (Å²) in [6, 6.07) is 7.98. The summed E-state index contributed by atoms with van der Waals surface area (Å²) in [6.45, 7) is 0. The van der Waals surface area contributed by atoms with Crippen molar-refractivity contribution >= 4 is 22.6 Å². The predicted octanol–water partition coefficient (Wildman–Crippen LogP) is 3.81. The molecule has 0 spiro atoms. The maximum atomic E-state index is 4.35. The zero-order valence-electron chi connectivity index (χ0n) is 9.99. The van der Waals surface area contributed by atoms with Gasteiger partial charge in [0, 0.05) is 51.9 Å². The van der Waals surface area contributed by atoms with Crippen LogP contribution in [0.4, 0.5) is 0 Å². The Balaban J connectivity index is 2.15. The van der Waals surface area contributed by atoms with Crippen LogP contribution in [0.3, 0.4) is 0 Å². The van der Waals surface area contributed by atoms with Gasteiger partial charge < -0.3 is 0 Å². The second kappa shape index (κ2) is 5.44. The molecule has 0 radical (unpaired) electrons. The van der Waals surface area contributed by atoms with E-state index in [0.717, 1.165) is 22.3 Å². The zero-order chi connectivity index (χ0) is 13.1. The van der Waals surface area contributed by atoms with Crippen molar-refractivity contribution in [3.05, 3.63) is 65.0 Å². The Bertz CT molecular complexity index is 627. The van der Waals surface area contributed by atoms with Crippen LogP contribution >= 0.6 is 22.6 Å². The minimum Gasteiger partial charge on any atom is -0.265 e. The van der Waals surface area contributed by atoms with E-state index in [1.54, 1.807) is 24.8 Å². The third kappa shape index (κ3) is 2.49. The van der Waals surface area contributed by atoms with Crippen molar-refractivity contribution in [2.24, 2.45) is 0 Å². The molecule has 0 unspecified atom stereocenters. The molecule has 0 saturated heterocycles. The van der Waals surface area contributed by atoms with Crippen LogP contribution in [0.15, 0.2) is 61.4 Å². The maximum absolute atomic E-state index is 4.35. The van der Waals surface area contributed by atoms with Gasteiger partial charge in [0.1, 0.15) is 0 Å². The first kappa shape index (κ1) is 12.2. The molecule has 3 heterocycles. The fourth-order valence-electron chi connectivity index (χ4n) is 1.91. The van der Waals surface area contributed by atoms with Gasteiger partial charge in [-0.05, 0) is 58.0 Å². The van der Waals surface area contributed by atoms with E-state index in [2.05, 4.69) is 37.5 Å². The monoisotopic (exact) mass is 359 g/mol. The van der Waals surface area contributed by atoms with Crippen molar-refractivity contribution in [2.75, 3.05) is 0 Å². The molecule has 0 N–H and O–H groups in total. The Morgan fingerprint density at radius 2 is 1.05 bits per heavy atom. The van der Waals surface area contributed by atoms with Crippen LogP contribution in [0.25, 0.3) is 22.3 Å². The summed E-state index contributed by atoms with van der Waals surface area (Å²) in [5, 5.41) is 0. The smallest absolute Gasteiger partial charge is 0.0357 e. The molecule has 0 amide bonds. The van der Waals surface area contributed by atoms with E-state index in [4.69, 9.17) is 0 Å². The first-order valence-corrected chi connectivity index (χ1v) is 6.88. The number of halogens is 1. The van der Waals surface area contributed by atoms with E-state index in [1.807, 2.05) is 36.7 Å². The average Bonchev–Trinajstić information content (AvgIpc) is 2.49. The molecule has 0 aliphatic rings. The Hall–Kier alpha value is -1.82. The molecule has 92 valence electrons. The highest BCUT2D eigenvalue weighted by Gasteiger charge is 2.09. The minimum absolute atomic E-state index is 1.12. The van der Waals surface area contributed by atoms with E-state index in [9.17, 15) is 0 Å². The topological polar surface area (TPSA) is 38.7 Å². The van der Waals surface area contributed by atoms with Gasteiger partial charge in [0.2, 0.25) is 0 Å². The molecule has 3 nitrogen and oxygen atoms in total.